The summed E-state index contributed by atoms with van der Waals surface area (Å²) < 4.78 is 8.32. The van der Waals surface area contributed by atoms with Crippen molar-refractivity contribution in [2.24, 2.45) is 0 Å². The van der Waals surface area contributed by atoms with E-state index in [-0.39, 0.29) is 0 Å². The van der Waals surface area contributed by atoms with Crippen LogP contribution in [0, 0.1) is 0 Å². The van der Waals surface area contributed by atoms with E-state index in [1.165, 1.54) is 27.5 Å². The van der Waals surface area contributed by atoms with E-state index < -0.39 is 0 Å². The zero-order chi connectivity index (χ0) is 37.3. The van der Waals surface area contributed by atoms with Gasteiger partial charge in [-0.05, 0) is 94.0 Å². The van der Waals surface area contributed by atoms with Crippen molar-refractivity contribution in [2.45, 2.75) is 0 Å². The summed E-state index contributed by atoms with van der Waals surface area (Å²) in [5, 5.41) is 3.43. The minimum atomic E-state index is 0.837. The van der Waals surface area contributed by atoms with E-state index >= 15 is 0 Å². The van der Waals surface area contributed by atoms with Crippen LogP contribution in [-0.4, -0.2) is 9.55 Å². The average molecular weight is 717 g/mol. The van der Waals surface area contributed by atoms with Gasteiger partial charge in [-0.3, -0.25) is 0 Å². The van der Waals surface area contributed by atoms with E-state index in [2.05, 4.69) is 187 Å². The van der Waals surface area contributed by atoms with Crippen molar-refractivity contribution in [1.82, 2.24) is 9.55 Å². The van der Waals surface area contributed by atoms with Crippen molar-refractivity contribution in [3.63, 3.8) is 0 Å². The van der Waals surface area contributed by atoms with Crippen LogP contribution in [0.2, 0.25) is 0 Å². The Bertz CT molecular complexity index is 2990. The van der Waals surface area contributed by atoms with Crippen molar-refractivity contribution in [3.05, 3.63) is 219 Å². The number of nitrogens with zero attached hydrogens (tertiary/aromatic N) is 2. The highest BCUT2D eigenvalue weighted by Crippen LogP contribution is 2.38. The third kappa shape index (κ3) is 6.31. The summed E-state index contributed by atoms with van der Waals surface area (Å²) in [6, 6.07) is 74.9. The lowest BCUT2D eigenvalue weighted by atomic mass is 10.00. The van der Waals surface area contributed by atoms with Crippen LogP contribution in [0.1, 0.15) is 0 Å². The first-order chi connectivity index (χ1) is 27.7. The molecule has 0 saturated heterocycles. The maximum absolute atomic E-state index is 5.93. The largest absolute Gasteiger partial charge is 0.464 e. The van der Waals surface area contributed by atoms with E-state index in [1.807, 2.05) is 30.3 Å². The molecule has 0 N–H and O–H groups in total. The second-order valence-corrected chi connectivity index (χ2v) is 14.0. The molecule has 0 aliphatic carbocycles. The third-order valence-electron chi connectivity index (χ3n) is 10.5. The Hall–Kier alpha value is -7.49. The molecular formula is C53H36N2O. The van der Waals surface area contributed by atoms with Crippen LogP contribution >= 0.6 is 0 Å². The van der Waals surface area contributed by atoms with Crippen LogP contribution in [0.15, 0.2) is 223 Å². The van der Waals surface area contributed by atoms with Gasteiger partial charge in [-0.25, -0.2) is 4.98 Å². The molecule has 3 heteroatoms. The summed E-state index contributed by atoms with van der Waals surface area (Å²) in [4.78, 5) is 5.18. The average Bonchev–Trinajstić information content (AvgIpc) is 3.65. The number of hydrogen-bond acceptors (Lipinski definition) is 2. The minimum Gasteiger partial charge on any atom is -0.464 e. The molecule has 0 fully saturated rings. The van der Waals surface area contributed by atoms with Crippen LogP contribution in [0.4, 0.5) is 0 Å². The fourth-order valence-corrected chi connectivity index (χ4v) is 7.71. The highest BCUT2D eigenvalue weighted by Gasteiger charge is 2.16. The number of para-hydroxylation sites is 1. The Morgan fingerprint density at radius 3 is 1.43 bits per heavy atom. The molecule has 0 aliphatic rings. The molecule has 3 aromatic heterocycles. The molecule has 10 aromatic rings. The first kappa shape index (κ1) is 33.1. The lowest BCUT2D eigenvalue weighted by Crippen LogP contribution is -1.95. The number of hydrogen-bond donors (Lipinski definition) is 0. The van der Waals surface area contributed by atoms with E-state index in [0.717, 1.165) is 66.9 Å². The highest BCUT2D eigenvalue weighted by molar-refractivity contribution is 6.11. The molecule has 0 saturated carbocycles. The van der Waals surface area contributed by atoms with E-state index in [1.54, 1.807) is 6.26 Å². The van der Waals surface area contributed by atoms with Crippen molar-refractivity contribution < 1.29 is 4.42 Å². The Labute approximate surface area is 325 Å². The van der Waals surface area contributed by atoms with Crippen LogP contribution in [0.3, 0.4) is 0 Å². The second kappa shape index (κ2) is 14.4. The van der Waals surface area contributed by atoms with E-state index in [9.17, 15) is 0 Å². The number of fused-ring (bicyclic) bond motifs is 4. The first-order valence-corrected chi connectivity index (χ1v) is 18.9. The molecule has 0 amide bonds. The van der Waals surface area contributed by atoms with Crippen molar-refractivity contribution >= 4 is 32.8 Å². The van der Waals surface area contributed by atoms with Gasteiger partial charge < -0.3 is 8.98 Å². The summed E-state index contributed by atoms with van der Waals surface area (Å²) in [5.74, 6) is 0. The van der Waals surface area contributed by atoms with Gasteiger partial charge in [0.15, 0.2) is 0 Å². The molecule has 3 nitrogen and oxygen atoms in total. The number of rotatable bonds is 6. The van der Waals surface area contributed by atoms with Crippen LogP contribution in [0.25, 0.3) is 94.4 Å². The summed E-state index contributed by atoms with van der Waals surface area (Å²) in [6.07, 6.45) is 1.75. The predicted molar refractivity (Wildman–Crippen MR) is 233 cm³/mol. The van der Waals surface area contributed by atoms with Gasteiger partial charge in [0.05, 0.1) is 28.7 Å². The molecule has 7 aromatic carbocycles. The smallest absolute Gasteiger partial charge is 0.133 e. The van der Waals surface area contributed by atoms with Gasteiger partial charge in [-0.1, -0.05) is 152 Å². The second-order valence-electron chi connectivity index (χ2n) is 14.0. The first-order valence-electron chi connectivity index (χ1n) is 18.9. The van der Waals surface area contributed by atoms with Gasteiger partial charge in [0.25, 0.3) is 0 Å². The zero-order valence-corrected chi connectivity index (χ0v) is 30.6. The molecule has 264 valence electrons. The Kier molecular flexibility index (Phi) is 8.51. The van der Waals surface area contributed by atoms with Gasteiger partial charge in [-0.15, -0.1) is 0 Å². The summed E-state index contributed by atoms with van der Waals surface area (Å²) in [7, 11) is 0. The predicted octanol–water partition coefficient (Wildman–Crippen LogP) is 14.4. The quantitative estimate of drug-likeness (QED) is 0.172. The van der Waals surface area contributed by atoms with E-state index in [4.69, 9.17) is 9.40 Å². The number of aromatic nitrogens is 2. The summed E-state index contributed by atoms with van der Waals surface area (Å²) in [6.45, 7) is 0. The van der Waals surface area contributed by atoms with Crippen LogP contribution < -0.4 is 0 Å². The normalized spacial score (nSPS) is 11.2. The summed E-state index contributed by atoms with van der Waals surface area (Å²) >= 11 is 0. The molecule has 0 spiro atoms. The van der Waals surface area contributed by atoms with Gasteiger partial charge in [0, 0.05) is 33.0 Å². The molecule has 0 atom stereocenters. The maximum atomic E-state index is 5.93. The lowest BCUT2D eigenvalue weighted by Gasteiger charge is -2.12. The van der Waals surface area contributed by atoms with Crippen molar-refractivity contribution in [1.29, 1.82) is 0 Å². The lowest BCUT2D eigenvalue weighted by molar-refractivity contribution is 0.606. The number of pyridine rings is 1. The van der Waals surface area contributed by atoms with E-state index in [0.29, 0.717) is 0 Å². The SMILES string of the molecule is c1ccc(-c2cc(-c3ccccc3)nc(-c3ccc(-n4c5ccc(-c6ccccc6)cc5c5cc(-c6cccoc7ccccc7cc6)ccc54)cc3)c2)cc1. The van der Waals surface area contributed by atoms with Gasteiger partial charge in [0.2, 0.25) is 0 Å². The topological polar surface area (TPSA) is 31.0 Å². The molecule has 0 bridgehead atoms. The van der Waals surface area contributed by atoms with Crippen LogP contribution in [0.5, 0.6) is 0 Å². The standard InChI is InChI=1S/C53H36N2O/c1-4-13-37(14-5-1)43-26-30-51-47(33-43)48-34-44(39-20-12-32-56-53-21-11-10-19-42(53)23-22-39)27-31-52(48)55(51)46-28-24-41(25-29-46)50-36-45(38-15-6-2-7-16-38)35-49(54-50)40-17-8-3-9-18-40/h1-36H. The third-order valence-corrected chi connectivity index (χ3v) is 10.5. The Morgan fingerprint density at radius 1 is 0.339 bits per heavy atom. The monoisotopic (exact) mass is 716 g/mol. The van der Waals surface area contributed by atoms with Gasteiger partial charge >= 0.3 is 0 Å². The van der Waals surface area contributed by atoms with Gasteiger partial charge in [0.1, 0.15) is 5.58 Å². The molecule has 10 rings (SSSR count). The fraction of sp³-hybridized carbons (Fsp3) is 0. The molecule has 0 unspecified atom stereocenters. The van der Waals surface area contributed by atoms with Gasteiger partial charge in [-0.2, -0.15) is 0 Å². The minimum absolute atomic E-state index is 0.837. The zero-order valence-electron chi connectivity index (χ0n) is 30.6. The fourth-order valence-electron chi connectivity index (χ4n) is 7.71. The Balaban J connectivity index is 1.12. The molecule has 3 heterocycles. The molecular weight excluding hydrogens is 681 g/mol. The molecule has 56 heavy (non-hydrogen) atoms. The molecule has 0 aliphatic heterocycles. The molecule has 0 radical (unpaired) electrons. The summed E-state index contributed by atoms with van der Waals surface area (Å²) in [5.41, 5.74) is 15.2. The van der Waals surface area contributed by atoms with Crippen LogP contribution in [-0.2, 0) is 0 Å². The maximum Gasteiger partial charge on any atom is 0.133 e. The number of benzene rings is 7. The van der Waals surface area contributed by atoms with Crippen molar-refractivity contribution in [2.75, 3.05) is 0 Å². The highest BCUT2D eigenvalue weighted by atomic mass is 16.3. The Morgan fingerprint density at radius 2 is 0.804 bits per heavy atom. The van der Waals surface area contributed by atoms with Crippen molar-refractivity contribution in [3.8, 4) is 61.6 Å².